The molecule has 1 fully saturated rings. The minimum absolute atomic E-state index is 0.0575. The van der Waals surface area contributed by atoms with Crippen molar-refractivity contribution in [1.82, 2.24) is 4.72 Å². The second-order valence-electron chi connectivity index (χ2n) is 5.78. The molecule has 4 N–H and O–H groups in total. The van der Waals surface area contributed by atoms with E-state index in [0.29, 0.717) is 29.7 Å². The maximum Gasteiger partial charge on any atom is 0.241 e. The highest BCUT2D eigenvalue weighted by Crippen LogP contribution is 2.32. The van der Waals surface area contributed by atoms with Crippen LogP contribution in [-0.4, -0.2) is 25.7 Å². The highest BCUT2D eigenvalue weighted by atomic mass is 32.2. The lowest BCUT2D eigenvalue weighted by atomic mass is 9.81. The molecule has 1 aliphatic rings. The van der Waals surface area contributed by atoms with Gasteiger partial charge in [0, 0.05) is 12.2 Å². The third-order valence-corrected chi connectivity index (χ3v) is 5.79. The predicted octanol–water partition coefficient (Wildman–Crippen LogP) is 1.39. The lowest BCUT2D eigenvalue weighted by Gasteiger charge is -2.36. The number of rotatable bonds is 4. The Morgan fingerprint density at radius 2 is 1.90 bits per heavy atom. The summed E-state index contributed by atoms with van der Waals surface area (Å²) in [5.74, 6) is 0. The Hall–Kier alpha value is -1.11. The Morgan fingerprint density at radius 1 is 1.30 bits per heavy atom. The minimum Gasteiger partial charge on any atom is -0.398 e. The molecule has 0 aliphatic heterocycles. The summed E-state index contributed by atoms with van der Waals surface area (Å²) in [5, 5.41) is 10.0. The van der Waals surface area contributed by atoms with Crippen LogP contribution in [0.25, 0.3) is 0 Å². The van der Waals surface area contributed by atoms with Crippen LogP contribution in [0.4, 0.5) is 5.69 Å². The number of aliphatic hydroxyl groups is 1. The maximum atomic E-state index is 12.4. The summed E-state index contributed by atoms with van der Waals surface area (Å²) in [6, 6.07) is 1.77. The maximum absolute atomic E-state index is 12.4. The molecule has 0 atom stereocenters. The summed E-state index contributed by atoms with van der Waals surface area (Å²) < 4.78 is 27.4. The van der Waals surface area contributed by atoms with Crippen LogP contribution in [0.5, 0.6) is 0 Å². The highest BCUT2D eigenvalue weighted by molar-refractivity contribution is 7.89. The van der Waals surface area contributed by atoms with Gasteiger partial charge in [0.2, 0.25) is 10.0 Å². The van der Waals surface area contributed by atoms with Gasteiger partial charge in [-0.3, -0.25) is 0 Å². The average molecular weight is 298 g/mol. The van der Waals surface area contributed by atoms with Gasteiger partial charge >= 0.3 is 0 Å². The van der Waals surface area contributed by atoms with Gasteiger partial charge in [-0.15, -0.1) is 0 Å². The molecule has 0 radical (unpaired) electrons. The van der Waals surface area contributed by atoms with Crippen LogP contribution in [0.1, 0.15) is 36.0 Å². The molecule has 1 aromatic carbocycles. The fraction of sp³-hybridized carbons (Fsp3) is 0.571. The largest absolute Gasteiger partial charge is 0.398 e. The van der Waals surface area contributed by atoms with Crippen LogP contribution in [0.15, 0.2) is 11.0 Å². The van der Waals surface area contributed by atoms with Crippen molar-refractivity contribution in [2.45, 2.75) is 50.5 Å². The second kappa shape index (κ2) is 5.02. The first-order valence-corrected chi connectivity index (χ1v) is 8.23. The summed E-state index contributed by atoms with van der Waals surface area (Å²) in [6.45, 7) is 5.38. The van der Waals surface area contributed by atoms with Gasteiger partial charge in [0.05, 0.1) is 10.5 Å². The van der Waals surface area contributed by atoms with E-state index in [1.54, 1.807) is 19.9 Å². The first-order valence-electron chi connectivity index (χ1n) is 6.75. The molecule has 0 amide bonds. The molecule has 2 rings (SSSR count). The topological polar surface area (TPSA) is 92.4 Å². The Morgan fingerprint density at radius 3 is 2.40 bits per heavy atom. The van der Waals surface area contributed by atoms with E-state index in [-0.39, 0.29) is 11.4 Å². The number of sulfonamides is 1. The highest BCUT2D eigenvalue weighted by Gasteiger charge is 2.36. The first kappa shape index (κ1) is 15.3. The van der Waals surface area contributed by atoms with Crippen LogP contribution in [-0.2, 0) is 10.0 Å². The SMILES string of the molecule is Cc1cc(C)c(S(=O)(=O)NCC2(O)CCC2)c(C)c1N. The fourth-order valence-electron chi connectivity index (χ4n) is 2.66. The first-order chi connectivity index (χ1) is 9.16. The normalized spacial score (nSPS) is 17.8. The summed E-state index contributed by atoms with van der Waals surface area (Å²) in [4.78, 5) is 0.225. The van der Waals surface area contributed by atoms with Gasteiger partial charge in [0.15, 0.2) is 0 Å². The van der Waals surface area contributed by atoms with Crippen molar-refractivity contribution in [2.75, 3.05) is 12.3 Å². The molecule has 0 unspecified atom stereocenters. The molecule has 0 heterocycles. The van der Waals surface area contributed by atoms with Crippen molar-refractivity contribution in [1.29, 1.82) is 0 Å². The van der Waals surface area contributed by atoms with E-state index in [0.717, 1.165) is 12.0 Å². The summed E-state index contributed by atoms with van der Waals surface area (Å²) >= 11 is 0. The zero-order valence-electron chi connectivity index (χ0n) is 12.2. The van der Waals surface area contributed by atoms with Crippen molar-refractivity contribution in [3.63, 3.8) is 0 Å². The van der Waals surface area contributed by atoms with Crippen LogP contribution >= 0.6 is 0 Å². The smallest absolute Gasteiger partial charge is 0.241 e. The van der Waals surface area contributed by atoms with E-state index in [1.165, 1.54) is 0 Å². The molecule has 20 heavy (non-hydrogen) atoms. The van der Waals surface area contributed by atoms with Crippen molar-refractivity contribution < 1.29 is 13.5 Å². The second-order valence-corrected chi connectivity index (χ2v) is 7.48. The van der Waals surface area contributed by atoms with Gasteiger partial charge in [-0.05, 0) is 56.7 Å². The predicted molar refractivity (Wildman–Crippen MR) is 79.1 cm³/mol. The van der Waals surface area contributed by atoms with Crippen molar-refractivity contribution in [3.05, 3.63) is 22.8 Å². The van der Waals surface area contributed by atoms with E-state index in [1.807, 2.05) is 6.92 Å². The lowest BCUT2D eigenvalue weighted by Crippen LogP contribution is -2.47. The minimum atomic E-state index is -3.66. The van der Waals surface area contributed by atoms with Crippen LogP contribution in [0.2, 0.25) is 0 Å². The average Bonchev–Trinajstić information content (AvgIpc) is 2.31. The molecule has 0 bridgehead atoms. The van der Waals surface area contributed by atoms with Gasteiger partial charge in [-0.25, -0.2) is 13.1 Å². The van der Waals surface area contributed by atoms with Gasteiger partial charge in [-0.2, -0.15) is 0 Å². The number of hydrogen-bond acceptors (Lipinski definition) is 4. The van der Waals surface area contributed by atoms with E-state index < -0.39 is 15.6 Å². The van der Waals surface area contributed by atoms with Crippen LogP contribution in [0.3, 0.4) is 0 Å². The van der Waals surface area contributed by atoms with Crippen molar-refractivity contribution in [2.24, 2.45) is 0 Å². The van der Waals surface area contributed by atoms with E-state index in [2.05, 4.69) is 4.72 Å². The summed E-state index contributed by atoms with van der Waals surface area (Å²) in [6.07, 6.45) is 2.22. The number of nitrogen functional groups attached to an aromatic ring is 1. The number of hydrogen-bond donors (Lipinski definition) is 3. The van der Waals surface area contributed by atoms with E-state index in [9.17, 15) is 13.5 Å². The quantitative estimate of drug-likeness (QED) is 0.732. The Bertz CT molecular complexity index is 634. The molecular formula is C14H22N2O3S. The lowest BCUT2D eigenvalue weighted by molar-refractivity contribution is -0.0270. The summed E-state index contributed by atoms with van der Waals surface area (Å²) in [5.41, 5.74) is 7.65. The fourth-order valence-corrected chi connectivity index (χ4v) is 4.26. The van der Waals surface area contributed by atoms with Gasteiger partial charge in [0.25, 0.3) is 0 Å². The number of nitrogens with one attached hydrogen (secondary N) is 1. The number of anilines is 1. The molecule has 1 aromatic rings. The van der Waals surface area contributed by atoms with Gasteiger partial charge in [-0.1, -0.05) is 6.07 Å². The molecule has 0 aromatic heterocycles. The molecular weight excluding hydrogens is 276 g/mol. The Balaban J connectivity index is 2.32. The number of benzene rings is 1. The van der Waals surface area contributed by atoms with Gasteiger partial charge < -0.3 is 10.8 Å². The number of aryl methyl sites for hydroxylation is 2. The molecule has 5 nitrogen and oxygen atoms in total. The monoisotopic (exact) mass is 298 g/mol. The molecule has 0 saturated heterocycles. The van der Waals surface area contributed by atoms with Crippen LogP contribution in [0, 0.1) is 20.8 Å². The molecule has 0 spiro atoms. The van der Waals surface area contributed by atoms with Gasteiger partial charge in [0.1, 0.15) is 0 Å². The van der Waals surface area contributed by atoms with Crippen molar-refractivity contribution in [3.8, 4) is 0 Å². The number of nitrogens with two attached hydrogens (primary N) is 1. The Labute approximate surface area is 120 Å². The van der Waals surface area contributed by atoms with E-state index in [4.69, 9.17) is 5.73 Å². The van der Waals surface area contributed by atoms with Crippen LogP contribution < -0.4 is 10.5 Å². The third kappa shape index (κ3) is 2.68. The Kier molecular flexibility index (Phi) is 3.83. The molecule has 1 aliphatic carbocycles. The van der Waals surface area contributed by atoms with Crippen molar-refractivity contribution >= 4 is 15.7 Å². The molecule has 112 valence electrons. The standard InChI is InChI=1S/C14H22N2O3S/c1-9-7-10(2)13(11(3)12(9)15)20(18,19)16-8-14(17)5-4-6-14/h7,16-17H,4-6,8,15H2,1-3H3. The molecule has 6 heteroatoms. The summed E-state index contributed by atoms with van der Waals surface area (Å²) in [7, 11) is -3.66. The third-order valence-electron chi connectivity index (χ3n) is 4.10. The van der Waals surface area contributed by atoms with E-state index >= 15 is 0 Å². The zero-order valence-corrected chi connectivity index (χ0v) is 13.0. The zero-order chi connectivity index (χ0) is 15.1. The molecule has 1 saturated carbocycles.